The molecule has 0 amide bonds. The van der Waals surface area contributed by atoms with Gasteiger partial charge in [0.2, 0.25) is 0 Å². The van der Waals surface area contributed by atoms with E-state index in [9.17, 15) is 9.18 Å². The molecular weight excluding hydrogens is 151 g/mol. The van der Waals surface area contributed by atoms with Gasteiger partial charge in [-0.25, -0.2) is 4.39 Å². The first kappa shape index (κ1) is 10.3. The molecule has 11 heavy (non-hydrogen) atoms. The van der Waals surface area contributed by atoms with Crippen LogP contribution in [0.5, 0.6) is 0 Å². The van der Waals surface area contributed by atoms with Crippen molar-refractivity contribution in [2.24, 2.45) is 5.73 Å². The van der Waals surface area contributed by atoms with Crippen LogP contribution in [0.3, 0.4) is 0 Å². The molecule has 5 heteroatoms. The van der Waals surface area contributed by atoms with Crippen LogP contribution in [-0.2, 0) is 4.79 Å². The van der Waals surface area contributed by atoms with Crippen LogP contribution in [0.25, 0.3) is 0 Å². The number of nitrogens with one attached hydrogen (secondary N) is 1. The summed E-state index contributed by atoms with van der Waals surface area (Å²) in [6.45, 7) is 0. The van der Waals surface area contributed by atoms with Crippen molar-refractivity contribution >= 4 is 5.97 Å². The molecule has 0 aliphatic heterocycles. The number of hydrogen-bond acceptors (Lipinski definition) is 3. The first-order valence-corrected chi connectivity index (χ1v) is 3.37. The van der Waals surface area contributed by atoms with Crippen molar-refractivity contribution in [3.8, 4) is 0 Å². The van der Waals surface area contributed by atoms with E-state index in [1.54, 1.807) is 0 Å². The second-order valence-corrected chi connectivity index (χ2v) is 2.27. The third-order valence-electron chi connectivity index (χ3n) is 1.38. The van der Waals surface area contributed by atoms with Crippen molar-refractivity contribution in [2.75, 3.05) is 7.05 Å². The lowest BCUT2D eigenvalue weighted by atomic mass is 10.1. The Hall–Kier alpha value is -0.680. The number of likely N-dealkylation sites (N-methyl/N-ethyl adjacent to an activating group) is 1. The van der Waals surface area contributed by atoms with Crippen molar-refractivity contribution in [1.82, 2.24) is 5.32 Å². The molecule has 4 N–H and O–H groups in total. The van der Waals surface area contributed by atoms with E-state index in [1.165, 1.54) is 7.05 Å². The summed E-state index contributed by atoms with van der Waals surface area (Å²) in [4.78, 5) is 10.3. The van der Waals surface area contributed by atoms with E-state index in [1.807, 2.05) is 0 Å². The lowest BCUT2D eigenvalue weighted by Crippen LogP contribution is -2.34. The molecule has 0 bridgehead atoms. The van der Waals surface area contributed by atoms with Gasteiger partial charge in [0.15, 0.2) is 0 Å². The number of carboxylic acid groups (broad SMARTS) is 1. The fraction of sp³-hybridized carbons (Fsp3) is 0.833. The second kappa shape index (κ2) is 5.03. The minimum atomic E-state index is -1.43. The van der Waals surface area contributed by atoms with Crippen molar-refractivity contribution in [3.63, 3.8) is 0 Å². The van der Waals surface area contributed by atoms with Gasteiger partial charge in [0.25, 0.3) is 0 Å². The summed E-state index contributed by atoms with van der Waals surface area (Å²) in [6, 6.07) is -0.697. The van der Waals surface area contributed by atoms with Gasteiger partial charge in [0, 0.05) is 0 Å². The topological polar surface area (TPSA) is 75.3 Å². The quantitative estimate of drug-likeness (QED) is 0.487. The van der Waals surface area contributed by atoms with Crippen LogP contribution in [-0.4, -0.2) is 30.5 Å². The molecule has 4 nitrogen and oxygen atoms in total. The van der Waals surface area contributed by atoms with E-state index in [2.05, 4.69) is 5.32 Å². The van der Waals surface area contributed by atoms with E-state index in [4.69, 9.17) is 10.8 Å². The third-order valence-corrected chi connectivity index (χ3v) is 1.38. The van der Waals surface area contributed by atoms with Gasteiger partial charge in [0.05, 0.1) is 0 Å². The highest BCUT2D eigenvalue weighted by atomic mass is 19.1. The van der Waals surface area contributed by atoms with Crippen LogP contribution in [0.4, 0.5) is 4.39 Å². The Labute approximate surface area is 64.6 Å². The zero-order chi connectivity index (χ0) is 8.85. The minimum absolute atomic E-state index is 0.0673. The zero-order valence-electron chi connectivity index (χ0n) is 6.38. The highest BCUT2D eigenvalue weighted by Gasteiger charge is 2.15. The number of carboxylic acids is 1. The van der Waals surface area contributed by atoms with Crippen molar-refractivity contribution in [2.45, 2.75) is 25.2 Å². The molecule has 2 unspecified atom stereocenters. The molecule has 0 spiro atoms. The SMILES string of the molecule is CNC(CCC(N)F)C(=O)O. The lowest BCUT2D eigenvalue weighted by molar-refractivity contribution is -0.139. The lowest BCUT2D eigenvalue weighted by Gasteiger charge is -2.10. The highest BCUT2D eigenvalue weighted by molar-refractivity contribution is 5.73. The van der Waals surface area contributed by atoms with Gasteiger partial charge in [-0.15, -0.1) is 0 Å². The number of alkyl halides is 1. The fourth-order valence-corrected chi connectivity index (χ4v) is 0.717. The number of halogens is 1. The number of rotatable bonds is 5. The van der Waals surface area contributed by atoms with E-state index in [0.717, 1.165) is 0 Å². The zero-order valence-corrected chi connectivity index (χ0v) is 6.38. The fourth-order valence-electron chi connectivity index (χ4n) is 0.717. The van der Waals surface area contributed by atoms with Crippen LogP contribution in [0.15, 0.2) is 0 Å². The predicted molar refractivity (Wildman–Crippen MR) is 38.8 cm³/mol. The maximum Gasteiger partial charge on any atom is 0.320 e. The molecule has 0 aromatic heterocycles. The third kappa shape index (κ3) is 4.69. The molecular formula is C6H13FN2O2. The van der Waals surface area contributed by atoms with E-state index >= 15 is 0 Å². The first-order chi connectivity index (χ1) is 5.07. The Morgan fingerprint density at radius 1 is 1.73 bits per heavy atom. The number of hydrogen-bond donors (Lipinski definition) is 3. The van der Waals surface area contributed by atoms with Gasteiger partial charge < -0.3 is 16.2 Å². The maximum atomic E-state index is 12.0. The van der Waals surface area contributed by atoms with Crippen molar-refractivity contribution in [1.29, 1.82) is 0 Å². The van der Waals surface area contributed by atoms with Crippen LogP contribution in [0.1, 0.15) is 12.8 Å². The van der Waals surface area contributed by atoms with Gasteiger partial charge in [0.1, 0.15) is 12.3 Å². The molecule has 0 saturated heterocycles. The van der Waals surface area contributed by atoms with E-state index in [-0.39, 0.29) is 12.8 Å². The van der Waals surface area contributed by atoms with E-state index in [0.29, 0.717) is 0 Å². The summed E-state index contributed by atoms with van der Waals surface area (Å²) in [6.07, 6.45) is -1.15. The number of aliphatic carboxylic acids is 1. The molecule has 0 rings (SSSR count). The van der Waals surface area contributed by atoms with Crippen LogP contribution in [0, 0.1) is 0 Å². The van der Waals surface area contributed by atoms with Crippen LogP contribution < -0.4 is 11.1 Å². The summed E-state index contributed by atoms with van der Waals surface area (Å²) in [5.41, 5.74) is 4.81. The monoisotopic (exact) mass is 164 g/mol. The number of carbonyl (C=O) groups is 1. The molecule has 0 fully saturated rings. The largest absolute Gasteiger partial charge is 0.480 e. The smallest absolute Gasteiger partial charge is 0.320 e. The summed E-state index contributed by atoms with van der Waals surface area (Å²) in [5, 5.41) is 11.0. The first-order valence-electron chi connectivity index (χ1n) is 3.37. The number of nitrogens with two attached hydrogens (primary N) is 1. The molecule has 0 saturated carbocycles. The standard InChI is InChI=1S/C6H13FN2O2/c1-9-4(6(10)11)2-3-5(7)8/h4-5,9H,2-3,8H2,1H3,(H,10,11). The Bertz CT molecular complexity index is 130. The van der Waals surface area contributed by atoms with Gasteiger partial charge in [-0.1, -0.05) is 0 Å². The van der Waals surface area contributed by atoms with Crippen molar-refractivity contribution < 1.29 is 14.3 Å². The maximum absolute atomic E-state index is 12.0. The normalized spacial score (nSPS) is 15.9. The molecule has 0 aromatic carbocycles. The van der Waals surface area contributed by atoms with Gasteiger partial charge in [-0.2, -0.15) is 0 Å². The second-order valence-electron chi connectivity index (χ2n) is 2.27. The molecule has 0 radical (unpaired) electrons. The average molecular weight is 164 g/mol. The molecule has 0 aromatic rings. The Balaban J connectivity index is 3.61. The van der Waals surface area contributed by atoms with Gasteiger partial charge in [-0.3, -0.25) is 4.79 Å². The molecule has 2 atom stereocenters. The highest BCUT2D eigenvalue weighted by Crippen LogP contribution is 2.00. The summed E-state index contributed by atoms with van der Waals surface area (Å²) >= 11 is 0. The van der Waals surface area contributed by atoms with Crippen LogP contribution >= 0.6 is 0 Å². The van der Waals surface area contributed by atoms with Gasteiger partial charge in [-0.05, 0) is 19.9 Å². The Kier molecular flexibility index (Phi) is 4.72. The summed E-state index contributed by atoms with van der Waals surface area (Å²) in [5.74, 6) is -0.979. The Morgan fingerprint density at radius 2 is 2.27 bits per heavy atom. The Morgan fingerprint density at radius 3 is 2.55 bits per heavy atom. The van der Waals surface area contributed by atoms with Gasteiger partial charge >= 0.3 is 5.97 Å². The minimum Gasteiger partial charge on any atom is -0.480 e. The molecule has 0 heterocycles. The predicted octanol–water partition coefficient (Wildman–Crippen LogP) is -0.306. The molecule has 66 valence electrons. The van der Waals surface area contributed by atoms with E-state index < -0.39 is 18.3 Å². The molecule has 0 aliphatic rings. The summed E-state index contributed by atoms with van der Waals surface area (Å²) in [7, 11) is 1.52. The van der Waals surface area contributed by atoms with Crippen molar-refractivity contribution in [3.05, 3.63) is 0 Å². The summed E-state index contributed by atoms with van der Waals surface area (Å²) < 4.78 is 12.0. The van der Waals surface area contributed by atoms with Crippen LogP contribution in [0.2, 0.25) is 0 Å². The average Bonchev–Trinajstić information content (AvgIpc) is 1.87. The molecule has 0 aliphatic carbocycles.